The maximum Gasteiger partial charge on any atom is 0.166 e. The van der Waals surface area contributed by atoms with Crippen molar-refractivity contribution in [3.05, 3.63) is 46.5 Å². The SMILES string of the molecule is Cl.NC1CC(Oc2cc(O[C@H]3CCOC3)cc3ncnc(Nc4ccc(Cl)c(Cl)c4F)c23)C1. The quantitative estimate of drug-likeness (QED) is 0.432. The summed E-state index contributed by atoms with van der Waals surface area (Å²) in [7, 11) is 0. The van der Waals surface area contributed by atoms with Crippen LogP contribution in [0.5, 0.6) is 11.5 Å². The van der Waals surface area contributed by atoms with E-state index < -0.39 is 5.82 Å². The molecule has 0 amide bonds. The summed E-state index contributed by atoms with van der Waals surface area (Å²) >= 11 is 11.9. The third-order valence-electron chi connectivity index (χ3n) is 5.58. The first-order chi connectivity index (χ1) is 15.5. The Labute approximate surface area is 206 Å². The van der Waals surface area contributed by atoms with Crippen LogP contribution in [0.3, 0.4) is 0 Å². The molecular weight excluding hydrogens is 494 g/mol. The van der Waals surface area contributed by atoms with Gasteiger partial charge in [0.1, 0.15) is 35.9 Å². The molecule has 1 saturated carbocycles. The second-order valence-electron chi connectivity index (χ2n) is 7.96. The average Bonchev–Trinajstić information content (AvgIpc) is 3.26. The number of hydrogen-bond donors (Lipinski definition) is 2. The van der Waals surface area contributed by atoms with Crippen LogP contribution in [-0.2, 0) is 4.74 Å². The number of benzene rings is 2. The van der Waals surface area contributed by atoms with Crippen molar-refractivity contribution in [1.29, 1.82) is 0 Å². The largest absolute Gasteiger partial charge is 0.489 e. The van der Waals surface area contributed by atoms with Gasteiger partial charge in [-0.15, -0.1) is 12.4 Å². The van der Waals surface area contributed by atoms with E-state index in [4.69, 9.17) is 43.1 Å². The standard InChI is InChI=1S/C22H21Cl2FN4O3.ClH/c23-15-1-2-16(21(25)20(15)24)29-22-19-17(27-10-28-22)7-14(31-12-3-4-30-9-12)8-18(19)32-13-5-11(26)6-13;/h1-2,7-8,10-13H,3-6,9,26H2,(H,27,28,29);1H/t11?,12-,13?;/m0./s1. The van der Waals surface area contributed by atoms with E-state index in [9.17, 15) is 4.39 Å². The Morgan fingerprint density at radius 2 is 1.94 bits per heavy atom. The van der Waals surface area contributed by atoms with Crippen LogP contribution >= 0.6 is 35.6 Å². The lowest BCUT2D eigenvalue weighted by Gasteiger charge is -2.33. The van der Waals surface area contributed by atoms with Crippen molar-refractivity contribution in [3.63, 3.8) is 0 Å². The number of ether oxygens (including phenoxy) is 3. The highest BCUT2D eigenvalue weighted by Gasteiger charge is 2.29. The highest BCUT2D eigenvalue weighted by atomic mass is 35.5. The number of hydrogen-bond acceptors (Lipinski definition) is 7. The normalized spacial score (nSPS) is 21.9. The molecule has 2 aromatic carbocycles. The Bertz CT molecular complexity index is 1160. The van der Waals surface area contributed by atoms with E-state index in [-0.39, 0.29) is 46.4 Å². The molecule has 7 nitrogen and oxygen atoms in total. The summed E-state index contributed by atoms with van der Waals surface area (Å²) in [6.07, 6.45) is 3.67. The summed E-state index contributed by atoms with van der Waals surface area (Å²) in [5, 5.41) is 3.57. The summed E-state index contributed by atoms with van der Waals surface area (Å²) in [6, 6.07) is 6.76. The molecule has 0 radical (unpaired) electrons. The van der Waals surface area contributed by atoms with Crippen LogP contribution in [0.2, 0.25) is 10.0 Å². The van der Waals surface area contributed by atoms with Crippen LogP contribution in [0.15, 0.2) is 30.6 Å². The van der Waals surface area contributed by atoms with E-state index in [1.807, 2.05) is 12.1 Å². The predicted molar refractivity (Wildman–Crippen MR) is 128 cm³/mol. The molecule has 11 heteroatoms. The first kappa shape index (κ1) is 24.0. The molecule has 33 heavy (non-hydrogen) atoms. The zero-order chi connectivity index (χ0) is 22.2. The number of nitrogens with one attached hydrogen (secondary N) is 1. The van der Waals surface area contributed by atoms with E-state index in [2.05, 4.69) is 15.3 Å². The number of rotatable bonds is 6. The third kappa shape index (κ3) is 5.05. The van der Waals surface area contributed by atoms with Gasteiger partial charge in [0, 0.05) is 24.6 Å². The third-order valence-corrected chi connectivity index (χ3v) is 6.36. The van der Waals surface area contributed by atoms with Crippen LogP contribution in [0.4, 0.5) is 15.9 Å². The second kappa shape index (κ2) is 10.0. The van der Waals surface area contributed by atoms with E-state index in [0.717, 1.165) is 19.3 Å². The first-order valence-corrected chi connectivity index (χ1v) is 11.1. The average molecular weight is 516 g/mol. The van der Waals surface area contributed by atoms with Gasteiger partial charge in [0.05, 0.1) is 39.8 Å². The minimum atomic E-state index is -0.667. The zero-order valence-corrected chi connectivity index (χ0v) is 19.7. The Morgan fingerprint density at radius 1 is 1.12 bits per heavy atom. The van der Waals surface area contributed by atoms with Crippen molar-refractivity contribution in [3.8, 4) is 11.5 Å². The van der Waals surface area contributed by atoms with Crippen molar-refractivity contribution in [2.45, 2.75) is 37.5 Å². The van der Waals surface area contributed by atoms with Crippen molar-refractivity contribution in [2.24, 2.45) is 5.73 Å². The van der Waals surface area contributed by atoms with Crippen LogP contribution in [0.1, 0.15) is 19.3 Å². The van der Waals surface area contributed by atoms with Gasteiger partial charge in [-0.05, 0) is 25.0 Å². The number of nitrogens with zero attached hydrogens (tertiary/aromatic N) is 2. The van der Waals surface area contributed by atoms with Gasteiger partial charge in [-0.25, -0.2) is 14.4 Å². The molecule has 1 atom stereocenters. The van der Waals surface area contributed by atoms with Crippen molar-refractivity contribution in [1.82, 2.24) is 9.97 Å². The highest BCUT2D eigenvalue weighted by molar-refractivity contribution is 6.42. The Kier molecular flexibility index (Phi) is 7.31. The maximum absolute atomic E-state index is 14.7. The van der Waals surface area contributed by atoms with Gasteiger partial charge in [-0.3, -0.25) is 0 Å². The lowest BCUT2D eigenvalue weighted by Crippen LogP contribution is -2.43. The van der Waals surface area contributed by atoms with Crippen molar-refractivity contribution < 1.29 is 18.6 Å². The van der Waals surface area contributed by atoms with Gasteiger partial charge in [0.2, 0.25) is 0 Å². The zero-order valence-electron chi connectivity index (χ0n) is 17.4. The van der Waals surface area contributed by atoms with E-state index in [1.165, 1.54) is 18.5 Å². The molecule has 0 spiro atoms. The molecule has 0 bridgehead atoms. The van der Waals surface area contributed by atoms with Crippen LogP contribution in [-0.4, -0.2) is 41.4 Å². The van der Waals surface area contributed by atoms with Crippen LogP contribution in [0.25, 0.3) is 10.9 Å². The smallest absolute Gasteiger partial charge is 0.166 e. The number of aromatic nitrogens is 2. The van der Waals surface area contributed by atoms with Gasteiger partial charge < -0.3 is 25.3 Å². The van der Waals surface area contributed by atoms with Gasteiger partial charge >= 0.3 is 0 Å². The predicted octanol–water partition coefficient (Wildman–Crippen LogP) is 5.28. The van der Waals surface area contributed by atoms with Crippen molar-refractivity contribution in [2.75, 3.05) is 18.5 Å². The molecular formula is C22H22Cl3FN4O3. The van der Waals surface area contributed by atoms with E-state index in [0.29, 0.717) is 41.4 Å². The van der Waals surface area contributed by atoms with Crippen molar-refractivity contribution >= 4 is 58.0 Å². The Hall–Kier alpha value is -2.10. The summed E-state index contributed by atoms with van der Waals surface area (Å²) < 4.78 is 32.4. The molecule has 1 saturated heterocycles. The minimum absolute atomic E-state index is 0. The minimum Gasteiger partial charge on any atom is -0.489 e. The monoisotopic (exact) mass is 514 g/mol. The van der Waals surface area contributed by atoms with Gasteiger partial charge in [0.15, 0.2) is 5.82 Å². The molecule has 2 fully saturated rings. The molecule has 3 aromatic rings. The summed E-state index contributed by atoms with van der Waals surface area (Å²) in [5.41, 5.74) is 6.66. The Balaban J connectivity index is 0.00000259. The van der Waals surface area contributed by atoms with Crippen LogP contribution in [0, 0.1) is 5.82 Å². The number of fused-ring (bicyclic) bond motifs is 1. The summed E-state index contributed by atoms with van der Waals surface area (Å²) in [5.74, 6) is 0.870. The van der Waals surface area contributed by atoms with Crippen LogP contribution < -0.4 is 20.5 Å². The van der Waals surface area contributed by atoms with E-state index in [1.54, 1.807) is 0 Å². The molecule has 2 aliphatic rings. The molecule has 1 aromatic heterocycles. The summed E-state index contributed by atoms with van der Waals surface area (Å²) in [6.45, 7) is 1.21. The molecule has 3 N–H and O–H groups in total. The number of anilines is 2. The Morgan fingerprint density at radius 3 is 2.67 bits per heavy atom. The molecule has 0 unspecified atom stereocenters. The molecule has 176 valence electrons. The fourth-order valence-corrected chi connectivity index (χ4v) is 4.13. The topological polar surface area (TPSA) is 91.5 Å². The van der Waals surface area contributed by atoms with Gasteiger partial charge in [-0.2, -0.15) is 0 Å². The maximum atomic E-state index is 14.7. The highest BCUT2D eigenvalue weighted by Crippen LogP contribution is 2.39. The molecule has 5 rings (SSSR count). The first-order valence-electron chi connectivity index (χ1n) is 10.3. The van der Waals surface area contributed by atoms with Gasteiger partial charge in [0.25, 0.3) is 0 Å². The molecule has 1 aliphatic carbocycles. The fraction of sp³-hybridized carbons (Fsp3) is 0.364. The lowest BCUT2D eigenvalue weighted by atomic mass is 9.90. The van der Waals surface area contributed by atoms with E-state index >= 15 is 0 Å². The lowest BCUT2D eigenvalue weighted by molar-refractivity contribution is 0.102. The summed E-state index contributed by atoms with van der Waals surface area (Å²) in [4.78, 5) is 8.72. The van der Waals surface area contributed by atoms with Gasteiger partial charge in [-0.1, -0.05) is 23.2 Å². The molecule has 1 aliphatic heterocycles. The fourth-order valence-electron chi connectivity index (χ4n) is 3.82. The molecule has 2 heterocycles. The second-order valence-corrected chi connectivity index (χ2v) is 8.75. The number of halogens is 4. The number of nitrogens with two attached hydrogens (primary N) is 1.